The van der Waals surface area contributed by atoms with Crippen LogP contribution in [-0.2, 0) is 29.1 Å². The molecule has 0 bridgehead atoms. The third kappa shape index (κ3) is 6.91. The minimum atomic E-state index is -1.63. The Morgan fingerprint density at radius 2 is 1.43 bits per heavy atom. The van der Waals surface area contributed by atoms with E-state index in [1.807, 2.05) is 0 Å². The molecular formula is C13H18O10. The summed E-state index contributed by atoms with van der Waals surface area (Å²) in [5.74, 6) is -2.20. The number of aliphatic hydroxyl groups is 3. The van der Waals surface area contributed by atoms with Gasteiger partial charge < -0.3 is 15.3 Å². The van der Waals surface area contributed by atoms with Crippen LogP contribution in [0.1, 0.15) is 20.8 Å². The Labute approximate surface area is 131 Å². The van der Waals surface area contributed by atoms with E-state index in [2.05, 4.69) is 26.1 Å². The highest BCUT2D eigenvalue weighted by atomic mass is 17.3. The van der Waals surface area contributed by atoms with Gasteiger partial charge in [0.2, 0.25) is 0 Å². The number of carbonyl (C=O) groups excluding carboxylic acids is 3. The Morgan fingerprint density at radius 1 is 0.957 bits per heavy atom. The average Bonchev–Trinajstić information content (AvgIpc) is 2.54. The molecule has 0 aromatic heterocycles. The normalized spacial score (nSPS) is 14.0. The van der Waals surface area contributed by atoms with Crippen LogP contribution in [0, 0.1) is 0 Å². The Bertz CT molecular complexity index is 507. The Balaban J connectivity index is 4.50. The number of carbonyl (C=O) groups is 3. The van der Waals surface area contributed by atoms with Crippen LogP contribution in [-0.4, -0.2) is 52.2 Å². The van der Waals surface area contributed by atoms with E-state index in [0.29, 0.717) is 0 Å². The van der Waals surface area contributed by atoms with Crippen LogP contribution in [0.4, 0.5) is 4.79 Å². The second-order valence-electron chi connectivity index (χ2n) is 4.44. The van der Waals surface area contributed by atoms with Gasteiger partial charge in [0.1, 0.15) is 12.2 Å². The Hall–Kier alpha value is -2.43. The van der Waals surface area contributed by atoms with E-state index in [1.54, 1.807) is 0 Å². The predicted molar refractivity (Wildman–Crippen MR) is 72.0 cm³/mol. The lowest BCUT2D eigenvalue weighted by molar-refractivity contribution is -0.289. The van der Waals surface area contributed by atoms with Crippen LogP contribution in [0.2, 0.25) is 0 Å². The van der Waals surface area contributed by atoms with Crippen molar-refractivity contribution in [2.45, 2.75) is 33.0 Å². The van der Waals surface area contributed by atoms with Crippen LogP contribution in [0.3, 0.4) is 0 Å². The third-order valence-electron chi connectivity index (χ3n) is 2.61. The zero-order valence-electron chi connectivity index (χ0n) is 12.8. The van der Waals surface area contributed by atoms with Gasteiger partial charge in [0.05, 0.1) is 6.61 Å². The molecule has 0 aliphatic rings. The standard InChI is InChI=1S/C13H18O10/c1-6(2)11(17)20-22-13(19)23-21-12(18)8(4)7(3)10(16)9(15)5-14/h9-10,14-16H,1,5H2,2-4H3/b8-7-. The summed E-state index contributed by atoms with van der Waals surface area (Å²) in [7, 11) is 0. The zero-order chi connectivity index (χ0) is 18.2. The fourth-order valence-corrected chi connectivity index (χ4v) is 1.06. The van der Waals surface area contributed by atoms with Gasteiger partial charge in [-0.05, 0) is 26.3 Å². The van der Waals surface area contributed by atoms with Gasteiger partial charge in [0, 0.05) is 11.1 Å². The van der Waals surface area contributed by atoms with Gasteiger partial charge in [-0.15, -0.1) is 0 Å². The average molecular weight is 334 g/mol. The summed E-state index contributed by atoms with van der Waals surface area (Å²) in [4.78, 5) is 49.3. The first kappa shape index (κ1) is 20.6. The van der Waals surface area contributed by atoms with Gasteiger partial charge in [0.25, 0.3) is 0 Å². The third-order valence-corrected chi connectivity index (χ3v) is 2.61. The molecule has 0 saturated heterocycles. The van der Waals surface area contributed by atoms with Crippen molar-refractivity contribution in [1.29, 1.82) is 0 Å². The first-order chi connectivity index (χ1) is 10.6. The topological polar surface area (TPSA) is 149 Å². The van der Waals surface area contributed by atoms with E-state index in [9.17, 15) is 24.6 Å². The van der Waals surface area contributed by atoms with Crippen LogP contribution >= 0.6 is 0 Å². The predicted octanol–water partition coefficient (Wildman–Crippen LogP) is -0.317. The van der Waals surface area contributed by atoms with E-state index in [1.165, 1.54) is 20.8 Å². The van der Waals surface area contributed by atoms with Crippen molar-refractivity contribution >= 4 is 18.1 Å². The fraction of sp³-hybridized carbons (Fsp3) is 0.462. The minimum Gasteiger partial charge on any atom is -0.394 e. The van der Waals surface area contributed by atoms with E-state index in [-0.39, 0.29) is 16.7 Å². The monoisotopic (exact) mass is 334 g/mol. The fourth-order valence-electron chi connectivity index (χ4n) is 1.06. The van der Waals surface area contributed by atoms with E-state index in [0.717, 1.165) is 0 Å². The molecule has 0 fully saturated rings. The van der Waals surface area contributed by atoms with Crippen LogP contribution in [0.5, 0.6) is 0 Å². The second-order valence-corrected chi connectivity index (χ2v) is 4.44. The maximum Gasteiger partial charge on any atom is 0.592 e. The maximum atomic E-state index is 11.6. The van der Waals surface area contributed by atoms with Crippen molar-refractivity contribution in [3.05, 3.63) is 23.3 Å². The number of hydrogen-bond acceptors (Lipinski definition) is 10. The molecule has 0 aliphatic heterocycles. The van der Waals surface area contributed by atoms with Crippen molar-refractivity contribution in [3.63, 3.8) is 0 Å². The Kier molecular flexibility index (Phi) is 8.55. The van der Waals surface area contributed by atoms with Crippen molar-refractivity contribution in [3.8, 4) is 0 Å². The molecule has 0 spiro atoms. The number of aliphatic hydroxyl groups excluding tert-OH is 3. The molecule has 0 rings (SSSR count). The van der Waals surface area contributed by atoms with Gasteiger partial charge in [-0.25, -0.2) is 29.1 Å². The molecule has 0 amide bonds. The second kappa shape index (κ2) is 9.56. The minimum absolute atomic E-state index is 0.0118. The summed E-state index contributed by atoms with van der Waals surface area (Å²) >= 11 is 0. The van der Waals surface area contributed by atoms with Gasteiger partial charge >= 0.3 is 18.1 Å². The summed E-state index contributed by atoms with van der Waals surface area (Å²) in [6.45, 7) is 6.33. The molecule has 10 heteroatoms. The highest BCUT2D eigenvalue weighted by molar-refractivity contribution is 5.89. The first-order valence-corrected chi connectivity index (χ1v) is 6.23. The molecule has 0 aromatic rings. The summed E-state index contributed by atoms with van der Waals surface area (Å²) in [6.07, 6.45) is -4.64. The largest absolute Gasteiger partial charge is 0.592 e. The van der Waals surface area contributed by atoms with Crippen molar-refractivity contribution in [1.82, 2.24) is 0 Å². The van der Waals surface area contributed by atoms with Crippen molar-refractivity contribution in [2.24, 2.45) is 0 Å². The van der Waals surface area contributed by atoms with Crippen molar-refractivity contribution in [2.75, 3.05) is 6.61 Å². The number of hydrogen-bond donors (Lipinski definition) is 3. The quantitative estimate of drug-likeness (QED) is 0.347. The van der Waals surface area contributed by atoms with E-state index in [4.69, 9.17) is 5.11 Å². The van der Waals surface area contributed by atoms with Crippen LogP contribution in [0.15, 0.2) is 23.3 Å². The lowest BCUT2D eigenvalue weighted by atomic mass is 10.0. The summed E-state index contributed by atoms with van der Waals surface area (Å²) in [5.41, 5.74) is -0.236. The summed E-state index contributed by atoms with van der Waals surface area (Å²) in [5, 5.41) is 27.6. The molecule has 130 valence electrons. The number of rotatable bonds is 5. The molecular weight excluding hydrogens is 316 g/mol. The van der Waals surface area contributed by atoms with Gasteiger partial charge in [-0.3, -0.25) is 0 Å². The lowest BCUT2D eigenvalue weighted by Crippen LogP contribution is -2.31. The Morgan fingerprint density at radius 3 is 1.87 bits per heavy atom. The van der Waals surface area contributed by atoms with Crippen LogP contribution in [0.25, 0.3) is 0 Å². The van der Waals surface area contributed by atoms with Crippen molar-refractivity contribution < 1.29 is 49.3 Å². The summed E-state index contributed by atoms with van der Waals surface area (Å²) < 4.78 is 0. The van der Waals surface area contributed by atoms with E-state index < -0.39 is 36.9 Å². The molecule has 0 saturated carbocycles. The highest BCUT2D eigenvalue weighted by Crippen LogP contribution is 2.13. The molecule has 2 atom stereocenters. The molecule has 10 nitrogen and oxygen atoms in total. The smallest absolute Gasteiger partial charge is 0.394 e. The molecule has 0 radical (unpaired) electrons. The summed E-state index contributed by atoms with van der Waals surface area (Å²) in [6, 6.07) is 0. The maximum absolute atomic E-state index is 11.6. The molecule has 23 heavy (non-hydrogen) atoms. The van der Waals surface area contributed by atoms with Crippen LogP contribution < -0.4 is 0 Å². The SMILES string of the molecule is C=C(C)C(=O)OOC(=O)OOC(=O)/C(C)=C(/C)C(O)C(O)CO. The molecule has 3 N–H and O–H groups in total. The molecule has 0 aromatic carbocycles. The van der Waals surface area contributed by atoms with Gasteiger partial charge in [-0.2, -0.15) is 4.79 Å². The first-order valence-electron chi connectivity index (χ1n) is 6.23. The van der Waals surface area contributed by atoms with Gasteiger partial charge in [0.15, 0.2) is 0 Å². The zero-order valence-corrected chi connectivity index (χ0v) is 12.8. The van der Waals surface area contributed by atoms with E-state index >= 15 is 0 Å². The lowest BCUT2D eigenvalue weighted by Gasteiger charge is -2.17. The molecule has 2 unspecified atom stereocenters. The highest BCUT2D eigenvalue weighted by Gasteiger charge is 2.23. The molecule has 0 heterocycles. The van der Waals surface area contributed by atoms with Gasteiger partial charge in [-0.1, -0.05) is 6.58 Å². The molecule has 0 aliphatic carbocycles.